The van der Waals surface area contributed by atoms with Crippen LogP contribution in [0.2, 0.25) is 0 Å². The molecule has 1 aliphatic rings. The van der Waals surface area contributed by atoms with Crippen molar-refractivity contribution in [1.29, 1.82) is 0 Å². The van der Waals surface area contributed by atoms with Gasteiger partial charge in [0.05, 0.1) is 17.4 Å². The van der Waals surface area contributed by atoms with E-state index in [0.29, 0.717) is 4.91 Å². The number of benzene rings is 1. The van der Waals surface area contributed by atoms with Gasteiger partial charge in [0, 0.05) is 4.47 Å². The lowest BCUT2D eigenvalue weighted by Crippen LogP contribution is -2.40. The number of amides is 1. The summed E-state index contributed by atoms with van der Waals surface area (Å²) < 4.78 is 1.17. The minimum Gasteiger partial charge on any atom is -0.548 e. The smallest absolute Gasteiger partial charge is 0.266 e. The lowest BCUT2D eigenvalue weighted by molar-refractivity contribution is -0.305. The van der Waals surface area contributed by atoms with Crippen LogP contribution in [0.4, 0.5) is 0 Å². The molecule has 98 valence electrons. The molecule has 0 spiro atoms. The number of rotatable bonds is 3. The molecule has 0 radical (unpaired) electrons. The van der Waals surface area contributed by atoms with E-state index in [2.05, 4.69) is 15.9 Å². The summed E-state index contributed by atoms with van der Waals surface area (Å²) in [6, 6.07) is 7.40. The molecule has 19 heavy (non-hydrogen) atoms. The number of carbonyl (C=O) groups excluding carboxylic acids is 2. The van der Waals surface area contributed by atoms with Crippen LogP contribution in [-0.2, 0) is 9.59 Å². The zero-order chi connectivity index (χ0) is 14.0. The van der Waals surface area contributed by atoms with Crippen LogP contribution < -0.4 is 5.11 Å². The first-order chi connectivity index (χ1) is 8.97. The number of thioether (sulfide) groups is 1. The molecule has 1 amide bonds. The first-order valence-corrected chi connectivity index (χ1v) is 7.20. The lowest BCUT2D eigenvalue weighted by atomic mass is 10.2. The van der Waals surface area contributed by atoms with Gasteiger partial charge in [-0.05, 0) is 23.8 Å². The zero-order valence-corrected chi connectivity index (χ0v) is 12.7. The fourth-order valence-corrected chi connectivity index (χ4v) is 3.00. The number of carbonyl (C=O) groups is 2. The van der Waals surface area contributed by atoms with E-state index in [4.69, 9.17) is 12.2 Å². The van der Waals surface area contributed by atoms with Crippen molar-refractivity contribution in [3.8, 4) is 0 Å². The number of carboxylic acid groups (broad SMARTS) is 1. The Balaban J connectivity index is 2.23. The summed E-state index contributed by atoms with van der Waals surface area (Å²) in [5.74, 6) is -1.73. The Bertz CT molecular complexity index is 583. The fourth-order valence-electron chi connectivity index (χ4n) is 1.48. The highest BCUT2D eigenvalue weighted by atomic mass is 79.9. The van der Waals surface area contributed by atoms with E-state index in [9.17, 15) is 14.7 Å². The van der Waals surface area contributed by atoms with Gasteiger partial charge in [-0.2, -0.15) is 0 Å². The second kappa shape index (κ2) is 5.85. The number of carboxylic acids is 1. The van der Waals surface area contributed by atoms with E-state index in [1.807, 2.05) is 24.3 Å². The van der Waals surface area contributed by atoms with Crippen molar-refractivity contribution in [2.75, 3.05) is 6.54 Å². The molecule has 1 aliphatic heterocycles. The number of thiocarbonyl (C=S) groups is 1. The van der Waals surface area contributed by atoms with Gasteiger partial charge in [0.1, 0.15) is 4.32 Å². The van der Waals surface area contributed by atoms with Crippen molar-refractivity contribution in [2.45, 2.75) is 0 Å². The zero-order valence-electron chi connectivity index (χ0n) is 9.46. The lowest BCUT2D eigenvalue weighted by Gasteiger charge is -2.14. The average molecular weight is 357 g/mol. The molecule has 1 aromatic rings. The topological polar surface area (TPSA) is 60.4 Å². The van der Waals surface area contributed by atoms with Crippen LogP contribution >= 0.6 is 39.9 Å². The molecular weight excluding hydrogens is 350 g/mol. The highest BCUT2D eigenvalue weighted by Crippen LogP contribution is 2.32. The normalized spacial score (nSPS) is 17.3. The Morgan fingerprint density at radius 2 is 2.05 bits per heavy atom. The third-order valence-electron chi connectivity index (χ3n) is 2.33. The van der Waals surface area contributed by atoms with Crippen LogP contribution in [0.1, 0.15) is 5.56 Å². The first-order valence-electron chi connectivity index (χ1n) is 5.18. The van der Waals surface area contributed by atoms with E-state index in [1.165, 1.54) is 0 Å². The van der Waals surface area contributed by atoms with Crippen LogP contribution in [0, 0.1) is 0 Å². The van der Waals surface area contributed by atoms with Crippen molar-refractivity contribution in [1.82, 2.24) is 4.90 Å². The summed E-state index contributed by atoms with van der Waals surface area (Å²) in [4.78, 5) is 24.0. The van der Waals surface area contributed by atoms with Crippen molar-refractivity contribution >= 4 is 62.2 Å². The summed E-state index contributed by atoms with van der Waals surface area (Å²) >= 11 is 9.39. The predicted octanol–water partition coefficient (Wildman–Crippen LogP) is 1.40. The Morgan fingerprint density at radius 3 is 2.63 bits per heavy atom. The molecule has 0 N–H and O–H groups in total. The van der Waals surface area contributed by atoms with Gasteiger partial charge in [0.25, 0.3) is 5.91 Å². The Labute approximate surface area is 127 Å². The second-order valence-corrected chi connectivity index (χ2v) is 6.28. The molecule has 0 aliphatic carbocycles. The molecule has 0 unspecified atom stereocenters. The summed E-state index contributed by atoms with van der Waals surface area (Å²) in [6.07, 6.45) is 1.68. The summed E-state index contributed by atoms with van der Waals surface area (Å²) in [5, 5.41) is 10.6. The molecule has 1 saturated heterocycles. The van der Waals surface area contributed by atoms with E-state index in [1.54, 1.807) is 6.08 Å². The minimum absolute atomic E-state index is 0.234. The summed E-state index contributed by atoms with van der Waals surface area (Å²) in [5.41, 5.74) is 0.845. The molecule has 0 aromatic heterocycles. The largest absolute Gasteiger partial charge is 0.548 e. The Hall–Kier alpha value is -1.18. The second-order valence-electron chi connectivity index (χ2n) is 3.69. The van der Waals surface area contributed by atoms with Gasteiger partial charge >= 0.3 is 0 Å². The number of hydrogen-bond acceptors (Lipinski definition) is 5. The van der Waals surface area contributed by atoms with Crippen LogP contribution in [0.5, 0.6) is 0 Å². The fraction of sp³-hybridized carbons (Fsp3) is 0.0833. The molecule has 1 fully saturated rings. The van der Waals surface area contributed by atoms with Crippen molar-refractivity contribution in [2.24, 2.45) is 0 Å². The quantitative estimate of drug-likeness (QED) is 0.605. The number of nitrogens with zero attached hydrogens (tertiary/aromatic N) is 1. The van der Waals surface area contributed by atoms with Gasteiger partial charge in [-0.3, -0.25) is 9.69 Å². The van der Waals surface area contributed by atoms with Gasteiger partial charge < -0.3 is 9.90 Å². The third-order valence-corrected chi connectivity index (χ3v) is 4.24. The van der Waals surface area contributed by atoms with E-state index >= 15 is 0 Å². The highest BCUT2D eigenvalue weighted by molar-refractivity contribution is 9.10. The molecule has 1 heterocycles. The van der Waals surface area contributed by atoms with E-state index in [-0.39, 0.29) is 4.32 Å². The maximum atomic E-state index is 12.0. The van der Waals surface area contributed by atoms with Gasteiger partial charge in [-0.15, -0.1) is 0 Å². The van der Waals surface area contributed by atoms with Crippen molar-refractivity contribution in [3.05, 3.63) is 39.2 Å². The average Bonchev–Trinajstić information content (AvgIpc) is 2.60. The van der Waals surface area contributed by atoms with Gasteiger partial charge in [0.15, 0.2) is 0 Å². The molecular formula is C12H7BrNO3S2-. The molecule has 4 nitrogen and oxygen atoms in total. The molecule has 0 bridgehead atoms. The monoisotopic (exact) mass is 356 g/mol. The van der Waals surface area contributed by atoms with Gasteiger partial charge in [0.2, 0.25) is 0 Å². The highest BCUT2D eigenvalue weighted by Gasteiger charge is 2.31. The molecule has 7 heteroatoms. The first kappa shape index (κ1) is 14.2. The Kier molecular flexibility index (Phi) is 4.38. The number of hydrogen-bond donors (Lipinski definition) is 0. The molecule has 1 aromatic carbocycles. The summed E-state index contributed by atoms with van der Waals surface area (Å²) in [7, 11) is 0. The standard InChI is InChI=1S/C12H8BrNO3S2/c13-8-3-1-7(2-4-8)5-9-11(17)14(6-10(15)16)12(18)19-9/h1-5H,6H2,(H,15,16)/p-1/b9-5+. The van der Waals surface area contributed by atoms with Crippen LogP contribution in [-0.4, -0.2) is 27.6 Å². The molecule has 0 atom stereocenters. The van der Waals surface area contributed by atoms with Crippen LogP contribution in [0.25, 0.3) is 6.08 Å². The van der Waals surface area contributed by atoms with Gasteiger partial charge in [-0.1, -0.05) is 52.0 Å². The maximum Gasteiger partial charge on any atom is 0.266 e. The SMILES string of the molecule is O=C([O-])CN1C(=O)/C(=C\c2ccc(Br)cc2)SC1=S. The maximum absolute atomic E-state index is 12.0. The summed E-state index contributed by atoms with van der Waals surface area (Å²) in [6.45, 7) is -0.512. The van der Waals surface area contributed by atoms with E-state index < -0.39 is 18.4 Å². The molecule has 2 rings (SSSR count). The Morgan fingerprint density at radius 1 is 1.42 bits per heavy atom. The predicted molar refractivity (Wildman–Crippen MR) is 79.0 cm³/mol. The van der Waals surface area contributed by atoms with Crippen molar-refractivity contribution < 1.29 is 14.7 Å². The van der Waals surface area contributed by atoms with Crippen molar-refractivity contribution in [3.63, 3.8) is 0 Å². The van der Waals surface area contributed by atoms with E-state index in [0.717, 1.165) is 26.7 Å². The van der Waals surface area contributed by atoms with Gasteiger partial charge in [-0.25, -0.2) is 0 Å². The minimum atomic E-state index is -1.33. The van der Waals surface area contributed by atoms with Crippen LogP contribution in [0.3, 0.4) is 0 Å². The third kappa shape index (κ3) is 3.43. The van der Waals surface area contributed by atoms with Crippen LogP contribution in [0.15, 0.2) is 33.6 Å². The molecule has 0 saturated carbocycles. The number of aliphatic carboxylic acids is 1. The number of halogens is 1.